The Labute approximate surface area is 143 Å². The monoisotopic (exact) mass is 357 g/mol. The predicted molar refractivity (Wildman–Crippen MR) is 87.9 cm³/mol. The number of hydrogen-bond acceptors (Lipinski definition) is 4. The molecule has 3 rings (SSSR count). The highest BCUT2D eigenvalue weighted by molar-refractivity contribution is 6.40. The van der Waals surface area contributed by atoms with E-state index in [2.05, 4.69) is 4.98 Å². The first-order chi connectivity index (χ1) is 11.0. The minimum Gasteiger partial charge on any atom is -0.427 e. The summed E-state index contributed by atoms with van der Waals surface area (Å²) in [5.74, 6) is -1.63. The number of H-pyrrole nitrogens is 1. The normalized spacial score (nSPS) is 20.5. The largest absolute Gasteiger partial charge is 0.427 e. The van der Waals surface area contributed by atoms with Crippen molar-refractivity contribution in [3.63, 3.8) is 0 Å². The second-order valence-electron chi connectivity index (χ2n) is 5.45. The zero-order valence-electron chi connectivity index (χ0n) is 12.9. The number of aromatic nitrogens is 1. The minimum absolute atomic E-state index is 0.373. The fraction of sp³-hybridized carbons (Fsp3) is 0.438. The van der Waals surface area contributed by atoms with Crippen LogP contribution in [0.5, 0.6) is 0 Å². The van der Waals surface area contributed by atoms with Crippen LogP contribution in [0.2, 0.25) is 10.0 Å². The molecular formula is C16H17Cl2NO4. The summed E-state index contributed by atoms with van der Waals surface area (Å²) in [5.41, 5.74) is 2.38. The van der Waals surface area contributed by atoms with Gasteiger partial charge < -0.3 is 19.2 Å². The maximum Gasteiger partial charge on any atom is 0.305 e. The van der Waals surface area contributed by atoms with Gasteiger partial charge in [0.2, 0.25) is 0 Å². The van der Waals surface area contributed by atoms with Crippen molar-refractivity contribution in [2.75, 3.05) is 20.3 Å². The zero-order chi connectivity index (χ0) is 16.6. The number of nitrogens with one attached hydrogen (secondary N) is 1. The standard InChI is InChI=1S/C16H17Cl2NO4/c1-9(20)23-16(6-8-21-2)15-10(5-7-22-16)13-11(17)3-4-12(18)14(13)19-15/h3-4,19H,5-8H2,1-2H3. The van der Waals surface area contributed by atoms with E-state index in [1.165, 1.54) is 6.92 Å². The molecule has 23 heavy (non-hydrogen) atoms. The number of esters is 1. The van der Waals surface area contributed by atoms with Gasteiger partial charge in [0.1, 0.15) is 0 Å². The van der Waals surface area contributed by atoms with Gasteiger partial charge in [-0.3, -0.25) is 4.79 Å². The first-order valence-corrected chi connectivity index (χ1v) is 8.05. The summed E-state index contributed by atoms with van der Waals surface area (Å²) >= 11 is 12.6. The summed E-state index contributed by atoms with van der Waals surface area (Å²) in [6.07, 6.45) is 1.03. The first kappa shape index (κ1) is 16.6. The van der Waals surface area contributed by atoms with E-state index in [-0.39, 0.29) is 0 Å². The molecule has 1 aliphatic heterocycles. The number of halogens is 2. The SMILES string of the molecule is COCCC1(OC(C)=O)OCCc2c1[nH]c1c(Cl)ccc(Cl)c21. The van der Waals surface area contributed by atoms with Crippen LogP contribution in [-0.4, -0.2) is 31.3 Å². The minimum atomic E-state index is -1.21. The van der Waals surface area contributed by atoms with Gasteiger partial charge in [-0.15, -0.1) is 0 Å². The summed E-state index contributed by atoms with van der Waals surface area (Å²) in [6.45, 7) is 2.15. The topological polar surface area (TPSA) is 60.6 Å². The van der Waals surface area contributed by atoms with Gasteiger partial charge in [0.25, 0.3) is 5.79 Å². The maximum absolute atomic E-state index is 11.6. The van der Waals surface area contributed by atoms with Crippen molar-refractivity contribution in [3.8, 4) is 0 Å². The van der Waals surface area contributed by atoms with Crippen LogP contribution in [0.25, 0.3) is 10.9 Å². The van der Waals surface area contributed by atoms with Crippen molar-refractivity contribution < 1.29 is 19.0 Å². The number of carbonyl (C=O) groups excluding carboxylic acids is 1. The molecule has 0 saturated heterocycles. The van der Waals surface area contributed by atoms with E-state index in [9.17, 15) is 4.79 Å². The summed E-state index contributed by atoms with van der Waals surface area (Å²) in [7, 11) is 1.59. The Hall–Kier alpha value is -1.27. The van der Waals surface area contributed by atoms with Crippen molar-refractivity contribution in [1.82, 2.24) is 4.98 Å². The van der Waals surface area contributed by atoms with Gasteiger partial charge in [0.05, 0.1) is 34.5 Å². The molecule has 124 valence electrons. The van der Waals surface area contributed by atoms with Crippen molar-refractivity contribution in [1.29, 1.82) is 0 Å². The molecule has 5 nitrogen and oxygen atoms in total. The third-order valence-corrected chi connectivity index (χ3v) is 4.60. The molecule has 0 amide bonds. The van der Waals surface area contributed by atoms with Crippen molar-refractivity contribution in [3.05, 3.63) is 33.4 Å². The molecule has 1 aromatic heterocycles. The maximum atomic E-state index is 11.6. The van der Waals surface area contributed by atoms with Crippen LogP contribution in [0.4, 0.5) is 0 Å². The van der Waals surface area contributed by atoms with Crippen LogP contribution in [0.15, 0.2) is 12.1 Å². The predicted octanol–water partition coefficient (Wildman–Crippen LogP) is 3.80. The molecule has 0 aliphatic carbocycles. The molecular weight excluding hydrogens is 341 g/mol. The van der Waals surface area contributed by atoms with Crippen molar-refractivity contribution in [2.45, 2.75) is 25.6 Å². The number of carbonyl (C=O) groups is 1. The van der Waals surface area contributed by atoms with Crippen LogP contribution in [0.3, 0.4) is 0 Å². The van der Waals surface area contributed by atoms with Crippen LogP contribution in [0.1, 0.15) is 24.6 Å². The Morgan fingerprint density at radius 2 is 2.13 bits per heavy atom. The number of fused-ring (bicyclic) bond motifs is 3. The highest BCUT2D eigenvalue weighted by atomic mass is 35.5. The van der Waals surface area contributed by atoms with Crippen LogP contribution >= 0.6 is 23.2 Å². The zero-order valence-corrected chi connectivity index (χ0v) is 14.4. The lowest BCUT2D eigenvalue weighted by molar-refractivity contribution is -0.250. The van der Waals surface area contributed by atoms with Gasteiger partial charge in [-0.2, -0.15) is 0 Å². The molecule has 2 aromatic rings. The lowest BCUT2D eigenvalue weighted by Gasteiger charge is -2.36. The third kappa shape index (κ3) is 2.83. The first-order valence-electron chi connectivity index (χ1n) is 7.30. The fourth-order valence-electron chi connectivity index (χ4n) is 3.06. The van der Waals surface area contributed by atoms with Crippen LogP contribution in [-0.2, 0) is 31.2 Å². The summed E-state index contributed by atoms with van der Waals surface area (Å²) < 4.78 is 16.6. The second kappa shape index (κ2) is 6.32. The van der Waals surface area contributed by atoms with Gasteiger partial charge in [-0.25, -0.2) is 0 Å². The molecule has 2 heterocycles. The number of hydrogen-bond donors (Lipinski definition) is 1. The van der Waals surface area contributed by atoms with Crippen molar-refractivity contribution >= 4 is 40.1 Å². The van der Waals surface area contributed by atoms with E-state index in [4.69, 9.17) is 37.4 Å². The Morgan fingerprint density at radius 1 is 1.39 bits per heavy atom. The number of aromatic amines is 1. The quantitative estimate of drug-likeness (QED) is 0.845. The number of benzene rings is 1. The average molecular weight is 358 g/mol. The molecule has 7 heteroatoms. The average Bonchev–Trinajstić information content (AvgIpc) is 2.91. The van der Waals surface area contributed by atoms with Gasteiger partial charge in [0, 0.05) is 25.8 Å². The van der Waals surface area contributed by atoms with Crippen molar-refractivity contribution in [2.24, 2.45) is 0 Å². The van der Waals surface area contributed by atoms with E-state index in [1.54, 1.807) is 19.2 Å². The van der Waals surface area contributed by atoms with E-state index in [1.807, 2.05) is 0 Å². The lowest BCUT2D eigenvalue weighted by Crippen LogP contribution is -2.40. The number of methoxy groups -OCH3 is 1. The molecule has 0 bridgehead atoms. The molecule has 1 unspecified atom stereocenters. The second-order valence-corrected chi connectivity index (χ2v) is 6.26. The summed E-state index contributed by atoms with van der Waals surface area (Å²) in [5, 5.41) is 2.01. The van der Waals surface area contributed by atoms with Crippen LogP contribution in [0, 0.1) is 0 Å². The van der Waals surface area contributed by atoms with E-state index in [0.717, 1.165) is 16.5 Å². The Bertz CT molecular complexity index is 758. The molecule has 0 fully saturated rings. The Balaban J connectivity index is 2.22. The highest BCUT2D eigenvalue weighted by Gasteiger charge is 2.43. The molecule has 1 N–H and O–H groups in total. The van der Waals surface area contributed by atoms with E-state index >= 15 is 0 Å². The summed E-state index contributed by atoms with van der Waals surface area (Å²) in [6, 6.07) is 3.50. The van der Waals surface area contributed by atoms with Gasteiger partial charge in [0.15, 0.2) is 0 Å². The van der Waals surface area contributed by atoms with Gasteiger partial charge >= 0.3 is 5.97 Å². The molecule has 1 atom stereocenters. The highest BCUT2D eigenvalue weighted by Crippen LogP contribution is 2.43. The molecule has 0 saturated carbocycles. The lowest BCUT2D eigenvalue weighted by atomic mass is 9.98. The van der Waals surface area contributed by atoms with E-state index < -0.39 is 11.8 Å². The molecule has 0 radical (unpaired) electrons. The number of ether oxygens (including phenoxy) is 3. The molecule has 0 spiro atoms. The van der Waals surface area contributed by atoms with E-state index in [0.29, 0.717) is 41.8 Å². The molecule has 1 aliphatic rings. The number of rotatable bonds is 4. The Kier molecular flexibility index (Phi) is 4.56. The summed E-state index contributed by atoms with van der Waals surface area (Å²) in [4.78, 5) is 14.9. The smallest absolute Gasteiger partial charge is 0.305 e. The third-order valence-electron chi connectivity index (χ3n) is 3.97. The molecule has 1 aromatic carbocycles. The van der Waals surface area contributed by atoms with Gasteiger partial charge in [-0.1, -0.05) is 23.2 Å². The Morgan fingerprint density at radius 3 is 2.83 bits per heavy atom. The van der Waals surface area contributed by atoms with Crippen LogP contribution < -0.4 is 0 Å². The van der Waals surface area contributed by atoms with Gasteiger partial charge in [-0.05, 0) is 24.1 Å². The fourth-order valence-corrected chi connectivity index (χ4v) is 3.53.